The second kappa shape index (κ2) is 4.66. The molecule has 0 bridgehead atoms. The molecule has 0 aliphatic carbocycles. The fourth-order valence-electron chi connectivity index (χ4n) is 1.99. The summed E-state index contributed by atoms with van der Waals surface area (Å²) in [4.78, 5) is 15.3. The van der Waals surface area contributed by atoms with Crippen LogP contribution in [0.2, 0.25) is 0 Å². The van der Waals surface area contributed by atoms with Crippen LogP contribution in [0, 0.1) is 12.7 Å². The minimum absolute atomic E-state index is 0.243. The van der Waals surface area contributed by atoms with Gasteiger partial charge in [0.1, 0.15) is 5.82 Å². The molecule has 4 N–H and O–H groups in total. The highest BCUT2D eigenvalue weighted by atomic mass is 19.1. The van der Waals surface area contributed by atoms with Gasteiger partial charge in [-0.3, -0.25) is 4.79 Å². The third kappa shape index (κ3) is 2.93. The highest BCUT2D eigenvalue weighted by Gasteiger charge is 2.18. The summed E-state index contributed by atoms with van der Waals surface area (Å²) >= 11 is 0. The minimum Gasteiger partial charge on any atom is -0.358 e. The number of H-pyrrole nitrogens is 1. The first-order valence-corrected chi connectivity index (χ1v) is 6.13. The number of halogens is 1. The van der Waals surface area contributed by atoms with Gasteiger partial charge in [-0.2, -0.15) is 0 Å². The molecule has 0 aliphatic rings. The lowest BCUT2D eigenvalue weighted by Gasteiger charge is -2.18. The molecular weight excluding hydrogens is 245 g/mol. The van der Waals surface area contributed by atoms with Gasteiger partial charge in [0.25, 0.3) is 5.91 Å². The van der Waals surface area contributed by atoms with Crippen molar-refractivity contribution in [3.8, 4) is 0 Å². The first kappa shape index (κ1) is 13.5. The molecule has 19 heavy (non-hydrogen) atoms. The number of fused-ring (bicyclic) bond motifs is 1. The van der Waals surface area contributed by atoms with Crippen LogP contribution < -0.4 is 11.1 Å². The van der Waals surface area contributed by atoms with Gasteiger partial charge in [-0.1, -0.05) is 0 Å². The van der Waals surface area contributed by atoms with Gasteiger partial charge in [0.05, 0.1) is 5.56 Å². The Hall–Kier alpha value is -1.88. The monoisotopic (exact) mass is 263 g/mol. The van der Waals surface area contributed by atoms with Crippen LogP contribution in [0.25, 0.3) is 10.9 Å². The molecule has 0 atom stereocenters. The van der Waals surface area contributed by atoms with Gasteiger partial charge in [-0.05, 0) is 39.0 Å². The Balaban J connectivity index is 2.36. The van der Waals surface area contributed by atoms with E-state index in [1.807, 2.05) is 13.8 Å². The number of nitrogens with one attached hydrogen (secondary N) is 2. The Morgan fingerprint density at radius 1 is 1.47 bits per heavy atom. The maximum Gasteiger partial charge on any atom is 0.253 e. The number of aromatic nitrogens is 1. The molecule has 5 heteroatoms. The second-order valence-corrected chi connectivity index (χ2v) is 5.49. The SMILES string of the molecule is Cc1[nH]c2ccc(F)cc2c1C(=O)NCC(C)(C)N. The number of amides is 1. The van der Waals surface area contributed by atoms with Gasteiger partial charge < -0.3 is 16.0 Å². The lowest BCUT2D eigenvalue weighted by atomic mass is 10.1. The number of nitrogens with two attached hydrogens (primary N) is 1. The van der Waals surface area contributed by atoms with Crippen molar-refractivity contribution in [2.45, 2.75) is 26.3 Å². The summed E-state index contributed by atoms with van der Waals surface area (Å²) in [5, 5.41) is 3.36. The summed E-state index contributed by atoms with van der Waals surface area (Å²) in [6.45, 7) is 5.80. The van der Waals surface area contributed by atoms with Crippen LogP contribution in [0.4, 0.5) is 4.39 Å². The molecule has 4 nitrogen and oxygen atoms in total. The van der Waals surface area contributed by atoms with Gasteiger partial charge >= 0.3 is 0 Å². The molecule has 1 aromatic heterocycles. The quantitative estimate of drug-likeness (QED) is 0.793. The van der Waals surface area contributed by atoms with E-state index in [4.69, 9.17) is 5.73 Å². The lowest BCUT2D eigenvalue weighted by Crippen LogP contribution is -2.45. The van der Waals surface area contributed by atoms with Crippen LogP contribution in [0.3, 0.4) is 0 Å². The zero-order valence-electron chi connectivity index (χ0n) is 11.3. The van der Waals surface area contributed by atoms with Crippen molar-refractivity contribution < 1.29 is 9.18 Å². The summed E-state index contributed by atoms with van der Waals surface area (Å²) in [7, 11) is 0. The largest absolute Gasteiger partial charge is 0.358 e. The first-order valence-electron chi connectivity index (χ1n) is 6.13. The van der Waals surface area contributed by atoms with Crippen molar-refractivity contribution in [1.82, 2.24) is 10.3 Å². The molecule has 1 aromatic carbocycles. The average molecular weight is 263 g/mol. The minimum atomic E-state index is -0.485. The summed E-state index contributed by atoms with van der Waals surface area (Å²) < 4.78 is 13.3. The zero-order chi connectivity index (χ0) is 14.2. The molecule has 0 spiro atoms. The topological polar surface area (TPSA) is 70.9 Å². The summed E-state index contributed by atoms with van der Waals surface area (Å²) in [5.74, 6) is -0.604. The van der Waals surface area contributed by atoms with Gasteiger partial charge in [0.2, 0.25) is 0 Å². The number of hydrogen-bond acceptors (Lipinski definition) is 2. The molecule has 1 heterocycles. The van der Waals surface area contributed by atoms with E-state index in [0.29, 0.717) is 23.2 Å². The Labute approximate surface area is 111 Å². The van der Waals surface area contributed by atoms with Crippen molar-refractivity contribution in [3.05, 3.63) is 35.3 Å². The second-order valence-electron chi connectivity index (χ2n) is 5.49. The third-order valence-corrected chi connectivity index (χ3v) is 2.88. The van der Waals surface area contributed by atoms with Crippen LogP contribution in [-0.2, 0) is 0 Å². The van der Waals surface area contributed by atoms with Gasteiger partial charge in [-0.15, -0.1) is 0 Å². The van der Waals surface area contributed by atoms with Gasteiger partial charge in [0.15, 0.2) is 0 Å². The third-order valence-electron chi connectivity index (χ3n) is 2.88. The maximum atomic E-state index is 13.3. The number of rotatable bonds is 3. The molecule has 2 rings (SSSR count). The highest BCUT2D eigenvalue weighted by Crippen LogP contribution is 2.23. The van der Waals surface area contributed by atoms with E-state index in [9.17, 15) is 9.18 Å². The van der Waals surface area contributed by atoms with Crippen LogP contribution in [0.5, 0.6) is 0 Å². The number of carbonyl (C=O) groups is 1. The normalized spacial score (nSPS) is 11.8. The fraction of sp³-hybridized carbons (Fsp3) is 0.357. The predicted molar refractivity (Wildman–Crippen MR) is 73.6 cm³/mol. The average Bonchev–Trinajstić information content (AvgIpc) is 2.60. The van der Waals surface area contributed by atoms with E-state index in [-0.39, 0.29) is 11.7 Å². The summed E-state index contributed by atoms with van der Waals surface area (Å²) in [6, 6.07) is 4.35. The highest BCUT2D eigenvalue weighted by molar-refractivity contribution is 6.08. The Morgan fingerprint density at radius 3 is 2.79 bits per heavy atom. The molecular formula is C14H18FN3O. The van der Waals surface area contributed by atoms with E-state index < -0.39 is 5.54 Å². The molecule has 0 saturated heterocycles. The van der Waals surface area contributed by atoms with Crippen LogP contribution >= 0.6 is 0 Å². The Kier molecular flexibility index (Phi) is 3.32. The Bertz CT molecular complexity index is 625. The molecule has 102 valence electrons. The number of aryl methyl sites for hydroxylation is 1. The number of benzene rings is 1. The molecule has 2 aromatic rings. The predicted octanol–water partition coefficient (Wildman–Crippen LogP) is 2.08. The molecule has 0 aliphatic heterocycles. The maximum absolute atomic E-state index is 13.3. The van der Waals surface area contributed by atoms with Crippen molar-refractivity contribution in [2.75, 3.05) is 6.54 Å². The number of hydrogen-bond donors (Lipinski definition) is 3. The van der Waals surface area contributed by atoms with Gasteiger partial charge in [-0.25, -0.2) is 4.39 Å². The molecule has 1 amide bonds. The number of carbonyl (C=O) groups excluding carboxylic acids is 1. The van der Waals surface area contributed by atoms with Crippen LogP contribution in [-0.4, -0.2) is 23.0 Å². The van der Waals surface area contributed by atoms with Crippen molar-refractivity contribution in [3.63, 3.8) is 0 Å². The van der Waals surface area contributed by atoms with E-state index >= 15 is 0 Å². The van der Waals surface area contributed by atoms with Crippen molar-refractivity contribution in [2.24, 2.45) is 5.73 Å². The van der Waals surface area contributed by atoms with E-state index in [1.54, 1.807) is 13.0 Å². The molecule has 0 fully saturated rings. The summed E-state index contributed by atoms with van der Waals surface area (Å²) in [6.07, 6.45) is 0. The van der Waals surface area contributed by atoms with E-state index in [2.05, 4.69) is 10.3 Å². The smallest absolute Gasteiger partial charge is 0.253 e. The molecule has 0 unspecified atom stereocenters. The Morgan fingerprint density at radius 2 is 2.16 bits per heavy atom. The van der Waals surface area contributed by atoms with Crippen molar-refractivity contribution >= 4 is 16.8 Å². The van der Waals surface area contributed by atoms with Gasteiger partial charge in [0, 0.05) is 28.7 Å². The fourth-order valence-corrected chi connectivity index (χ4v) is 1.99. The van der Waals surface area contributed by atoms with Crippen LogP contribution in [0.1, 0.15) is 29.9 Å². The molecule has 0 radical (unpaired) electrons. The van der Waals surface area contributed by atoms with Crippen molar-refractivity contribution in [1.29, 1.82) is 0 Å². The van der Waals surface area contributed by atoms with Crippen LogP contribution in [0.15, 0.2) is 18.2 Å². The van der Waals surface area contributed by atoms with E-state index in [0.717, 1.165) is 5.52 Å². The lowest BCUT2D eigenvalue weighted by molar-refractivity contribution is 0.0947. The number of aromatic amines is 1. The summed E-state index contributed by atoms with van der Waals surface area (Å²) in [5.41, 5.74) is 7.28. The first-order chi connectivity index (χ1) is 8.78. The molecule has 0 saturated carbocycles. The van der Waals surface area contributed by atoms with E-state index in [1.165, 1.54) is 12.1 Å². The zero-order valence-corrected chi connectivity index (χ0v) is 11.3. The standard InChI is InChI=1S/C14H18FN3O/c1-8-12(13(19)17-7-14(2,3)16)10-6-9(15)4-5-11(10)18-8/h4-6,18H,7,16H2,1-3H3,(H,17,19).